The molecule has 1 aliphatic heterocycles. The third-order valence-electron chi connectivity index (χ3n) is 3.34. The third-order valence-corrected chi connectivity index (χ3v) is 3.34. The molecule has 0 aromatic rings. The number of piperidine rings is 1. The lowest BCUT2D eigenvalue weighted by Gasteiger charge is -2.31. The first-order valence-corrected chi connectivity index (χ1v) is 6.20. The summed E-state index contributed by atoms with van der Waals surface area (Å²) in [4.78, 5) is 24.2. The standard InChI is InChI=1S/C12H22N2O3/c1-13-12(16)14-8-6-10(7-9-14)4-3-5-11(15)17-2/h10H,3-9H2,1-2H3,(H,13,16). The molecule has 0 aliphatic carbocycles. The number of ether oxygens (including phenoxy) is 1. The fourth-order valence-corrected chi connectivity index (χ4v) is 2.22. The topological polar surface area (TPSA) is 58.6 Å². The average Bonchev–Trinajstić information content (AvgIpc) is 2.38. The molecule has 0 spiro atoms. The van der Waals surface area contributed by atoms with Crippen LogP contribution in [0, 0.1) is 5.92 Å². The summed E-state index contributed by atoms with van der Waals surface area (Å²) in [7, 11) is 3.08. The van der Waals surface area contributed by atoms with Crippen LogP contribution in [0.4, 0.5) is 4.79 Å². The zero-order valence-corrected chi connectivity index (χ0v) is 10.7. The molecule has 1 aliphatic rings. The quantitative estimate of drug-likeness (QED) is 0.758. The lowest BCUT2D eigenvalue weighted by atomic mass is 9.92. The molecule has 5 heteroatoms. The SMILES string of the molecule is CNC(=O)N1CCC(CCCC(=O)OC)CC1. The zero-order valence-electron chi connectivity index (χ0n) is 10.7. The van der Waals surface area contributed by atoms with Crippen molar-refractivity contribution in [3.05, 3.63) is 0 Å². The van der Waals surface area contributed by atoms with E-state index in [0.717, 1.165) is 38.8 Å². The number of methoxy groups -OCH3 is 1. The van der Waals surface area contributed by atoms with Crippen LogP contribution >= 0.6 is 0 Å². The van der Waals surface area contributed by atoms with E-state index in [2.05, 4.69) is 10.1 Å². The van der Waals surface area contributed by atoms with Crippen molar-refractivity contribution in [1.29, 1.82) is 0 Å². The molecule has 0 bridgehead atoms. The van der Waals surface area contributed by atoms with E-state index in [1.54, 1.807) is 7.05 Å². The predicted molar refractivity (Wildman–Crippen MR) is 64.6 cm³/mol. The molecule has 2 amide bonds. The number of amides is 2. The highest BCUT2D eigenvalue weighted by atomic mass is 16.5. The van der Waals surface area contributed by atoms with E-state index in [4.69, 9.17) is 0 Å². The number of likely N-dealkylation sites (tertiary alicyclic amines) is 1. The first-order chi connectivity index (χ1) is 8.17. The molecule has 1 heterocycles. The number of hydrogen-bond donors (Lipinski definition) is 1. The first kappa shape index (κ1) is 13.8. The van der Waals surface area contributed by atoms with E-state index in [0.29, 0.717) is 12.3 Å². The molecule has 1 saturated heterocycles. The van der Waals surface area contributed by atoms with Crippen molar-refractivity contribution in [3.63, 3.8) is 0 Å². The zero-order chi connectivity index (χ0) is 12.7. The summed E-state index contributed by atoms with van der Waals surface area (Å²) in [5.41, 5.74) is 0. The molecule has 1 rings (SSSR count). The monoisotopic (exact) mass is 242 g/mol. The molecule has 0 aromatic carbocycles. The van der Waals surface area contributed by atoms with Gasteiger partial charge in [-0.15, -0.1) is 0 Å². The van der Waals surface area contributed by atoms with Gasteiger partial charge in [-0.1, -0.05) is 0 Å². The van der Waals surface area contributed by atoms with E-state index in [-0.39, 0.29) is 12.0 Å². The minimum atomic E-state index is -0.132. The van der Waals surface area contributed by atoms with Gasteiger partial charge in [-0.05, 0) is 31.6 Å². The summed E-state index contributed by atoms with van der Waals surface area (Å²) in [6, 6.07) is 0.0120. The van der Waals surface area contributed by atoms with Crippen LogP contribution in [-0.2, 0) is 9.53 Å². The van der Waals surface area contributed by atoms with E-state index in [1.165, 1.54) is 7.11 Å². The first-order valence-electron chi connectivity index (χ1n) is 6.20. The number of carbonyl (C=O) groups is 2. The van der Waals surface area contributed by atoms with E-state index >= 15 is 0 Å². The highest BCUT2D eigenvalue weighted by Crippen LogP contribution is 2.22. The van der Waals surface area contributed by atoms with Crippen LogP contribution in [0.1, 0.15) is 32.1 Å². The Morgan fingerprint density at radius 2 is 2.00 bits per heavy atom. The Balaban J connectivity index is 2.15. The second-order valence-electron chi connectivity index (χ2n) is 4.45. The number of esters is 1. The fourth-order valence-electron chi connectivity index (χ4n) is 2.22. The second-order valence-corrected chi connectivity index (χ2v) is 4.45. The average molecular weight is 242 g/mol. The third kappa shape index (κ3) is 4.63. The van der Waals surface area contributed by atoms with Gasteiger partial charge in [0.1, 0.15) is 0 Å². The Labute approximate surface area is 102 Å². The Morgan fingerprint density at radius 1 is 1.35 bits per heavy atom. The van der Waals surface area contributed by atoms with Gasteiger partial charge in [-0.25, -0.2) is 4.79 Å². The highest BCUT2D eigenvalue weighted by molar-refractivity contribution is 5.73. The van der Waals surface area contributed by atoms with Gasteiger partial charge in [0.2, 0.25) is 0 Å². The second kappa shape index (κ2) is 7.14. The van der Waals surface area contributed by atoms with Crippen molar-refractivity contribution >= 4 is 12.0 Å². The minimum Gasteiger partial charge on any atom is -0.469 e. The van der Waals surface area contributed by atoms with Gasteiger partial charge in [0.05, 0.1) is 7.11 Å². The number of nitrogens with one attached hydrogen (secondary N) is 1. The summed E-state index contributed by atoms with van der Waals surface area (Å²) in [6.45, 7) is 1.64. The van der Waals surface area contributed by atoms with Gasteiger partial charge in [0, 0.05) is 26.6 Å². The van der Waals surface area contributed by atoms with Gasteiger partial charge in [0.25, 0.3) is 0 Å². The van der Waals surface area contributed by atoms with Crippen LogP contribution in [0.15, 0.2) is 0 Å². The predicted octanol–water partition coefficient (Wildman–Crippen LogP) is 1.38. The van der Waals surface area contributed by atoms with E-state index < -0.39 is 0 Å². The van der Waals surface area contributed by atoms with Crippen molar-refractivity contribution in [2.75, 3.05) is 27.2 Å². The molecule has 0 unspecified atom stereocenters. The lowest BCUT2D eigenvalue weighted by molar-refractivity contribution is -0.140. The van der Waals surface area contributed by atoms with Crippen LogP contribution in [0.25, 0.3) is 0 Å². The molecule has 0 aromatic heterocycles. The van der Waals surface area contributed by atoms with Gasteiger partial charge >= 0.3 is 12.0 Å². The maximum absolute atomic E-state index is 11.4. The van der Waals surface area contributed by atoms with Crippen molar-refractivity contribution in [2.24, 2.45) is 5.92 Å². The van der Waals surface area contributed by atoms with Crippen LogP contribution in [0.5, 0.6) is 0 Å². The molecule has 0 radical (unpaired) electrons. The minimum absolute atomic E-state index is 0.0120. The van der Waals surface area contributed by atoms with Crippen molar-refractivity contribution in [2.45, 2.75) is 32.1 Å². The maximum Gasteiger partial charge on any atom is 0.317 e. The van der Waals surface area contributed by atoms with E-state index in [9.17, 15) is 9.59 Å². The Bertz CT molecular complexity index is 258. The summed E-state index contributed by atoms with van der Waals surface area (Å²) in [6.07, 6.45) is 4.52. The smallest absolute Gasteiger partial charge is 0.317 e. The molecule has 5 nitrogen and oxygen atoms in total. The number of urea groups is 1. The van der Waals surface area contributed by atoms with Crippen molar-refractivity contribution in [3.8, 4) is 0 Å². The molecule has 0 atom stereocenters. The molecule has 0 saturated carbocycles. The lowest BCUT2D eigenvalue weighted by Crippen LogP contribution is -2.43. The van der Waals surface area contributed by atoms with Gasteiger partial charge in [0.15, 0.2) is 0 Å². The summed E-state index contributed by atoms with van der Waals surface area (Å²) in [5.74, 6) is 0.508. The largest absolute Gasteiger partial charge is 0.469 e. The number of nitrogens with zero attached hydrogens (tertiary/aromatic N) is 1. The molecular weight excluding hydrogens is 220 g/mol. The van der Waals surface area contributed by atoms with Gasteiger partial charge in [-0.2, -0.15) is 0 Å². The molecule has 17 heavy (non-hydrogen) atoms. The molecular formula is C12H22N2O3. The Morgan fingerprint density at radius 3 is 2.53 bits per heavy atom. The van der Waals surface area contributed by atoms with E-state index in [1.807, 2.05) is 4.90 Å². The highest BCUT2D eigenvalue weighted by Gasteiger charge is 2.21. The van der Waals surface area contributed by atoms with Crippen molar-refractivity contribution in [1.82, 2.24) is 10.2 Å². The summed E-state index contributed by atoms with van der Waals surface area (Å²) >= 11 is 0. The summed E-state index contributed by atoms with van der Waals surface area (Å²) in [5, 5.41) is 2.64. The Hall–Kier alpha value is -1.26. The van der Waals surface area contributed by atoms with Gasteiger partial charge < -0.3 is 15.0 Å². The van der Waals surface area contributed by atoms with Crippen LogP contribution in [0.3, 0.4) is 0 Å². The van der Waals surface area contributed by atoms with Crippen LogP contribution < -0.4 is 5.32 Å². The summed E-state index contributed by atoms with van der Waals surface area (Å²) < 4.78 is 4.60. The van der Waals surface area contributed by atoms with Crippen LogP contribution in [0.2, 0.25) is 0 Å². The molecule has 1 fully saturated rings. The number of hydrogen-bond acceptors (Lipinski definition) is 3. The van der Waals surface area contributed by atoms with Crippen LogP contribution in [-0.4, -0.2) is 44.1 Å². The number of rotatable bonds is 4. The number of carbonyl (C=O) groups excluding carboxylic acids is 2. The normalized spacial score (nSPS) is 16.7. The molecule has 98 valence electrons. The Kier molecular flexibility index (Phi) is 5.80. The van der Waals surface area contributed by atoms with Crippen molar-refractivity contribution < 1.29 is 14.3 Å². The molecule has 1 N–H and O–H groups in total. The van der Waals surface area contributed by atoms with Gasteiger partial charge in [-0.3, -0.25) is 4.79 Å². The fraction of sp³-hybridized carbons (Fsp3) is 0.833. The maximum atomic E-state index is 11.4.